The lowest BCUT2D eigenvalue weighted by Gasteiger charge is -2.31. The lowest BCUT2D eigenvalue weighted by atomic mass is 9.97. The lowest BCUT2D eigenvalue weighted by Crippen LogP contribution is -2.43. The van der Waals surface area contributed by atoms with E-state index in [4.69, 9.17) is 5.26 Å². The van der Waals surface area contributed by atoms with Crippen molar-refractivity contribution >= 4 is 5.91 Å². The Morgan fingerprint density at radius 2 is 2.14 bits per heavy atom. The molecule has 1 saturated heterocycles. The zero-order valence-electron chi connectivity index (χ0n) is 14.3. The quantitative estimate of drug-likeness (QED) is 0.626. The van der Waals surface area contributed by atoms with Crippen molar-refractivity contribution < 1.29 is 4.79 Å². The number of rotatable bonds is 10. The first-order valence-electron chi connectivity index (χ1n) is 8.80. The minimum Gasteiger partial charge on any atom is -0.356 e. The minimum atomic E-state index is 0.107. The molecule has 1 aliphatic rings. The molecule has 22 heavy (non-hydrogen) atoms. The number of amides is 1. The van der Waals surface area contributed by atoms with Gasteiger partial charge >= 0.3 is 0 Å². The van der Waals surface area contributed by atoms with Crippen LogP contribution in [0, 0.1) is 17.2 Å². The van der Waals surface area contributed by atoms with Crippen molar-refractivity contribution in [2.24, 2.45) is 5.92 Å². The third kappa shape index (κ3) is 7.24. The minimum absolute atomic E-state index is 0.107. The van der Waals surface area contributed by atoms with Crippen molar-refractivity contribution in [1.82, 2.24) is 15.1 Å². The summed E-state index contributed by atoms with van der Waals surface area (Å²) in [4.78, 5) is 16.9. The second-order valence-electron chi connectivity index (χ2n) is 6.07. The number of piperidine rings is 1. The van der Waals surface area contributed by atoms with Crippen molar-refractivity contribution in [3.05, 3.63) is 0 Å². The van der Waals surface area contributed by atoms with Gasteiger partial charge in [-0.05, 0) is 51.9 Å². The standard InChI is InChI=1S/C17H32N4O/c1-3-20(4-2)12-6-5-11-19-17(22)16-9-7-13-21(15-16)14-8-10-18/h16H,3-9,11-15H2,1-2H3,(H,19,22). The highest BCUT2D eigenvalue weighted by Gasteiger charge is 2.25. The molecule has 1 N–H and O–H groups in total. The Morgan fingerprint density at radius 1 is 1.36 bits per heavy atom. The summed E-state index contributed by atoms with van der Waals surface area (Å²) in [6, 6.07) is 2.18. The van der Waals surface area contributed by atoms with Crippen LogP contribution in [0.4, 0.5) is 0 Å². The Labute approximate surface area is 135 Å². The van der Waals surface area contributed by atoms with Crippen LogP contribution in [0.25, 0.3) is 0 Å². The molecule has 126 valence electrons. The highest BCUT2D eigenvalue weighted by Crippen LogP contribution is 2.16. The molecule has 1 aliphatic heterocycles. The van der Waals surface area contributed by atoms with Crippen molar-refractivity contribution in [3.8, 4) is 6.07 Å². The fraction of sp³-hybridized carbons (Fsp3) is 0.882. The monoisotopic (exact) mass is 308 g/mol. The molecule has 0 aromatic rings. The molecular weight excluding hydrogens is 276 g/mol. The van der Waals surface area contributed by atoms with Crippen LogP contribution in [-0.4, -0.2) is 61.5 Å². The van der Waals surface area contributed by atoms with Crippen molar-refractivity contribution in [1.29, 1.82) is 5.26 Å². The van der Waals surface area contributed by atoms with Gasteiger partial charge in [0.1, 0.15) is 0 Å². The van der Waals surface area contributed by atoms with E-state index in [1.807, 2.05) is 0 Å². The first kappa shape index (κ1) is 18.9. The van der Waals surface area contributed by atoms with Gasteiger partial charge in [-0.1, -0.05) is 13.8 Å². The van der Waals surface area contributed by atoms with E-state index >= 15 is 0 Å². The average molecular weight is 308 g/mol. The van der Waals surface area contributed by atoms with Crippen LogP contribution in [0.1, 0.15) is 46.0 Å². The van der Waals surface area contributed by atoms with Crippen LogP contribution in [0.3, 0.4) is 0 Å². The van der Waals surface area contributed by atoms with Gasteiger partial charge in [0.2, 0.25) is 5.91 Å². The Bertz CT molecular complexity index is 349. The summed E-state index contributed by atoms with van der Waals surface area (Å²) in [6.07, 6.45) is 4.79. The predicted molar refractivity (Wildman–Crippen MR) is 89.4 cm³/mol. The van der Waals surface area contributed by atoms with Crippen molar-refractivity contribution in [2.75, 3.05) is 45.8 Å². The predicted octanol–water partition coefficient (Wildman–Crippen LogP) is 1.85. The van der Waals surface area contributed by atoms with Crippen LogP contribution in [0.15, 0.2) is 0 Å². The Morgan fingerprint density at radius 3 is 2.82 bits per heavy atom. The summed E-state index contributed by atoms with van der Waals surface area (Å²) >= 11 is 0. The summed E-state index contributed by atoms with van der Waals surface area (Å²) in [5.74, 6) is 0.305. The summed E-state index contributed by atoms with van der Waals surface area (Å²) in [6.45, 7) is 11.1. The Kier molecular flexibility index (Phi) is 9.85. The summed E-state index contributed by atoms with van der Waals surface area (Å²) < 4.78 is 0. The van der Waals surface area contributed by atoms with Crippen LogP contribution >= 0.6 is 0 Å². The van der Waals surface area contributed by atoms with Gasteiger partial charge in [-0.2, -0.15) is 5.26 Å². The van der Waals surface area contributed by atoms with Gasteiger partial charge in [0.05, 0.1) is 12.0 Å². The van der Waals surface area contributed by atoms with E-state index in [9.17, 15) is 4.79 Å². The third-order valence-corrected chi connectivity index (χ3v) is 4.51. The fourth-order valence-electron chi connectivity index (χ4n) is 3.04. The molecule has 0 aliphatic carbocycles. The number of likely N-dealkylation sites (tertiary alicyclic amines) is 1. The number of carbonyl (C=O) groups excluding carboxylic acids is 1. The molecule has 0 aromatic heterocycles. The number of nitrogens with one attached hydrogen (secondary N) is 1. The molecule has 1 unspecified atom stereocenters. The second kappa shape index (κ2) is 11.4. The first-order chi connectivity index (χ1) is 10.7. The van der Waals surface area contributed by atoms with Gasteiger partial charge in [0.15, 0.2) is 0 Å². The van der Waals surface area contributed by atoms with E-state index in [-0.39, 0.29) is 11.8 Å². The van der Waals surface area contributed by atoms with E-state index in [1.54, 1.807) is 0 Å². The molecule has 0 aromatic carbocycles. The maximum Gasteiger partial charge on any atom is 0.224 e. The molecule has 0 spiro atoms. The maximum atomic E-state index is 12.2. The van der Waals surface area contributed by atoms with Crippen LogP contribution in [0.2, 0.25) is 0 Å². The van der Waals surface area contributed by atoms with Crippen LogP contribution in [0.5, 0.6) is 0 Å². The van der Waals surface area contributed by atoms with Gasteiger partial charge in [-0.25, -0.2) is 0 Å². The van der Waals surface area contributed by atoms with Gasteiger partial charge in [-0.3, -0.25) is 4.79 Å². The van der Waals surface area contributed by atoms with Crippen molar-refractivity contribution in [3.63, 3.8) is 0 Å². The number of carbonyl (C=O) groups is 1. The largest absolute Gasteiger partial charge is 0.356 e. The third-order valence-electron chi connectivity index (χ3n) is 4.51. The van der Waals surface area contributed by atoms with E-state index in [0.717, 1.165) is 71.5 Å². The first-order valence-corrected chi connectivity index (χ1v) is 8.80. The lowest BCUT2D eigenvalue weighted by molar-refractivity contribution is -0.126. The normalized spacial score (nSPS) is 19.1. The van der Waals surface area contributed by atoms with E-state index in [1.165, 1.54) is 0 Å². The summed E-state index contributed by atoms with van der Waals surface area (Å²) in [5, 5.41) is 11.7. The van der Waals surface area contributed by atoms with Gasteiger partial charge in [0, 0.05) is 26.1 Å². The molecular formula is C17H32N4O. The number of hydrogen-bond donors (Lipinski definition) is 1. The molecule has 1 amide bonds. The number of nitrogens with zero attached hydrogens (tertiary/aromatic N) is 3. The van der Waals surface area contributed by atoms with Gasteiger partial charge in [0.25, 0.3) is 0 Å². The molecule has 5 nitrogen and oxygen atoms in total. The van der Waals surface area contributed by atoms with E-state index < -0.39 is 0 Å². The topological polar surface area (TPSA) is 59.4 Å². The molecule has 1 atom stereocenters. The average Bonchev–Trinajstić information content (AvgIpc) is 2.56. The smallest absolute Gasteiger partial charge is 0.224 e. The van der Waals surface area contributed by atoms with Crippen LogP contribution in [-0.2, 0) is 4.79 Å². The zero-order valence-corrected chi connectivity index (χ0v) is 14.3. The molecule has 5 heteroatoms. The Balaban J connectivity index is 2.15. The second-order valence-corrected chi connectivity index (χ2v) is 6.07. The van der Waals surface area contributed by atoms with Crippen LogP contribution < -0.4 is 5.32 Å². The highest BCUT2D eigenvalue weighted by atomic mass is 16.1. The van der Waals surface area contributed by atoms with E-state index in [2.05, 4.69) is 35.0 Å². The molecule has 1 heterocycles. The summed E-state index contributed by atoms with van der Waals surface area (Å²) in [7, 11) is 0. The maximum absolute atomic E-state index is 12.2. The molecule has 0 saturated carbocycles. The van der Waals surface area contributed by atoms with E-state index in [0.29, 0.717) is 6.42 Å². The number of hydrogen-bond acceptors (Lipinski definition) is 4. The zero-order chi connectivity index (χ0) is 16.2. The highest BCUT2D eigenvalue weighted by molar-refractivity contribution is 5.78. The molecule has 0 bridgehead atoms. The summed E-state index contributed by atoms with van der Waals surface area (Å²) in [5.41, 5.74) is 0. The van der Waals surface area contributed by atoms with Gasteiger partial charge in [-0.15, -0.1) is 0 Å². The molecule has 0 radical (unpaired) electrons. The number of nitriles is 1. The SMILES string of the molecule is CCN(CC)CCCCNC(=O)C1CCCN(CCC#N)C1. The van der Waals surface area contributed by atoms with Crippen molar-refractivity contribution in [2.45, 2.75) is 46.0 Å². The van der Waals surface area contributed by atoms with Gasteiger partial charge < -0.3 is 15.1 Å². The molecule has 1 rings (SSSR count). The Hall–Kier alpha value is -1.12. The fourth-order valence-corrected chi connectivity index (χ4v) is 3.04. The molecule has 1 fully saturated rings. The number of unbranched alkanes of at least 4 members (excludes halogenated alkanes) is 1.